The predicted molar refractivity (Wildman–Crippen MR) is 114 cm³/mol. The van der Waals surface area contributed by atoms with Gasteiger partial charge in [-0.05, 0) is 55.2 Å². The molecule has 28 heavy (non-hydrogen) atoms. The molecule has 0 fully saturated rings. The predicted octanol–water partition coefficient (Wildman–Crippen LogP) is 4.55. The Morgan fingerprint density at radius 2 is 1.54 bits per heavy atom. The number of hydrogen-bond acceptors (Lipinski definition) is 3. The van der Waals surface area contributed by atoms with Crippen molar-refractivity contribution in [1.82, 2.24) is 4.31 Å². The number of nitrogens with one attached hydrogen (secondary N) is 1. The fourth-order valence-corrected chi connectivity index (χ4v) is 4.70. The zero-order valence-electron chi connectivity index (χ0n) is 17.3. The van der Waals surface area contributed by atoms with Crippen molar-refractivity contribution < 1.29 is 13.2 Å². The summed E-state index contributed by atoms with van der Waals surface area (Å²) in [5.41, 5.74) is 2.13. The third kappa shape index (κ3) is 5.91. The Hall–Kier alpha value is -2.18. The number of amides is 1. The maximum atomic E-state index is 13.0. The molecular formula is C22H30N2O3S. The molecule has 0 saturated heterocycles. The first-order valence-corrected chi connectivity index (χ1v) is 11.0. The molecule has 0 bridgehead atoms. The highest BCUT2D eigenvalue weighted by molar-refractivity contribution is 7.89. The first-order chi connectivity index (χ1) is 13.1. The van der Waals surface area contributed by atoms with Crippen molar-refractivity contribution in [3.8, 4) is 0 Å². The van der Waals surface area contributed by atoms with Crippen LogP contribution in [0.4, 0.5) is 5.69 Å². The Morgan fingerprint density at radius 1 is 0.964 bits per heavy atom. The van der Waals surface area contributed by atoms with Gasteiger partial charge >= 0.3 is 0 Å². The molecule has 2 aromatic carbocycles. The van der Waals surface area contributed by atoms with Gasteiger partial charge in [-0.3, -0.25) is 4.79 Å². The lowest BCUT2D eigenvalue weighted by molar-refractivity contribution is 0.102. The molecule has 2 aromatic rings. The topological polar surface area (TPSA) is 66.5 Å². The van der Waals surface area contributed by atoms with Crippen molar-refractivity contribution in [1.29, 1.82) is 0 Å². The number of benzene rings is 2. The molecule has 0 aliphatic carbocycles. The first-order valence-electron chi connectivity index (χ1n) is 9.58. The molecule has 0 spiro atoms. The molecule has 1 N–H and O–H groups in total. The second-order valence-corrected chi connectivity index (χ2v) is 9.90. The number of nitrogens with zero attached hydrogens (tertiary/aromatic N) is 1. The van der Waals surface area contributed by atoms with Crippen molar-refractivity contribution >= 4 is 21.6 Å². The first kappa shape index (κ1) is 22.1. The van der Waals surface area contributed by atoms with E-state index in [0.29, 0.717) is 24.3 Å². The van der Waals surface area contributed by atoms with Gasteiger partial charge in [0.1, 0.15) is 0 Å². The van der Waals surface area contributed by atoms with E-state index in [1.165, 1.54) is 0 Å². The van der Waals surface area contributed by atoms with E-state index in [2.05, 4.69) is 5.32 Å². The van der Waals surface area contributed by atoms with E-state index >= 15 is 0 Å². The van der Waals surface area contributed by atoms with Crippen LogP contribution >= 0.6 is 0 Å². The second-order valence-electron chi connectivity index (χ2n) is 7.96. The van der Waals surface area contributed by atoms with Crippen LogP contribution in [0.1, 0.15) is 43.6 Å². The van der Waals surface area contributed by atoms with Gasteiger partial charge in [-0.15, -0.1) is 0 Å². The van der Waals surface area contributed by atoms with Crippen LogP contribution in [0, 0.1) is 18.8 Å². The Morgan fingerprint density at radius 3 is 2.04 bits per heavy atom. The van der Waals surface area contributed by atoms with Crippen molar-refractivity contribution in [3.63, 3.8) is 0 Å². The Labute approximate surface area is 168 Å². The largest absolute Gasteiger partial charge is 0.322 e. The van der Waals surface area contributed by atoms with E-state index in [1.54, 1.807) is 34.6 Å². The van der Waals surface area contributed by atoms with Gasteiger partial charge < -0.3 is 5.32 Å². The average molecular weight is 403 g/mol. The quantitative estimate of drug-likeness (QED) is 0.704. The number of carbonyl (C=O) groups is 1. The Balaban J connectivity index is 2.18. The summed E-state index contributed by atoms with van der Waals surface area (Å²) in [6.07, 6.45) is 0. The molecule has 152 valence electrons. The highest BCUT2D eigenvalue weighted by Crippen LogP contribution is 2.21. The molecule has 0 unspecified atom stereocenters. The normalized spacial score (nSPS) is 12.0. The lowest BCUT2D eigenvalue weighted by Crippen LogP contribution is -2.37. The molecule has 5 nitrogen and oxygen atoms in total. The number of sulfonamides is 1. The molecule has 0 saturated carbocycles. The highest BCUT2D eigenvalue weighted by Gasteiger charge is 2.25. The minimum atomic E-state index is -3.57. The van der Waals surface area contributed by atoms with Crippen LogP contribution < -0.4 is 5.32 Å². The highest BCUT2D eigenvalue weighted by atomic mass is 32.2. The molecule has 0 aromatic heterocycles. The van der Waals surface area contributed by atoms with Crippen molar-refractivity contribution in [2.24, 2.45) is 11.8 Å². The minimum Gasteiger partial charge on any atom is -0.322 e. The minimum absolute atomic E-state index is 0.222. The van der Waals surface area contributed by atoms with E-state index in [9.17, 15) is 13.2 Å². The zero-order chi connectivity index (χ0) is 20.9. The summed E-state index contributed by atoms with van der Waals surface area (Å²) in [5.74, 6) is 0.253. The molecule has 1 amide bonds. The summed E-state index contributed by atoms with van der Waals surface area (Å²) >= 11 is 0. The standard InChI is InChI=1S/C22H30N2O3S/c1-16(2)14-24(15-17(3)4)28(26,27)21-11-9-20(10-12-21)23-22(25)19-8-6-7-18(5)13-19/h6-13,16-17H,14-15H2,1-5H3,(H,23,25). The van der Waals surface area contributed by atoms with Gasteiger partial charge in [0.15, 0.2) is 0 Å². The Kier molecular flexibility index (Phi) is 7.38. The van der Waals surface area contributed by atoms with E-state index in [-0.39, 0.29) is 22.6 Å². The van der Waals surface area contributed by atoms with Gasteiger partial charge in [-0.2, -0.15) is 4.31 Å². The average Bonchev–Trinajstić information content (AvgIpc) is 2.61. The summed E-state index contributed by atoms with van der Waals surface area (Å²) in [5, 5.41) is 2.81. The summed E-state index contributed by atoms with van der Waals surface area (Å²) in [6, 6.07) is 13.7. The number of hydrogen-bond donors (Lipinski definition) is 1. The molecule has 2 rings (SSSR count). The number of anilines is 1. The van der Waals surface area contributed by atoms with E-state index in [0.717, 1.165) is 5.56 Å². The van der Waals surface area contributed by atoms with E-state index < -0.39 is 10.0 Å². The SMILES string of the molecule is Cc1cccc(C(=O)Nc2ccc(S(=O)(=O)N(CC(C)C)CC(C)C)cc2)c1. The summed E-state index contributed by atoms with van der Waals surface area (Å²) in [4.78, 5) is 12.6. The van der Waals surface area contributed by atoms with Gasteiger partial charge in [-0.25, -0.2) is 8.42 Å². The maximum Gasteiger partial charge on any atom is 0.255 e. The van der Waals surface area contributed by atoms with Crippen LogP contribution in [-0.4, -0.2) is 31.7 Å². The van der Waals surface area contributed by atoms with E-state index in [4.69, 9.17) is 0 Å². The lowest BCUT2D eigenvalue weighted by atomic mass is 10.1. The fraction of sp³-hybridized carbons (Fsp3) is 0.409. The van der Waals surface area contributed by atoms with Gasteiger partial charge in [0.2, 0.25) is 10.0 Å². The molecule has 0 aliphatic heterocycles. The molecule has 0 heterocycles. The fourth-order valence-electron chi connectivity index (χ4n) is 2.93. The van der Waals surface area contributed by atoms with Crippen LogP contribution in [0.2, 0.25) is 0 Å². The van der Waals surface area contributed by atoms with Crippen molar-refractivity contribution in [2.75, 3.05) is 18.4 Å². The third-order valence-electron chi connectivity index (χ3n) is 4.17. The van der Waals surface area contributed by atoms with Crippen LogP contribution in [0.25, 0.3) is 0 Å². The maximum absolute atomic E-state index is 13.0. The van der Waals surface area contributed by atoms with E-state index in [1.807, 2.05) is 52.8 Å². The Bertz CT molecular complexity index is 894. The van der Waals surface area contributed by atoms with Crippen molar-refractivity contribution in [2.45, 2.75) is 39.5 Å². The molecule has 0 radical (unpaired) electrons. The summed E-state index contributed by atoms with van der Waals surface area (Å²) < 4.78 is 27.6. The molecule has 0 atom stereocenters. The monoisotopic (exact) mass is 402 g/mol. The number of aryl methyl sites for hydroxylation is 1. The number of rotatable bonds is 8. The molecular weight excluding hydrogens is 372 g/mol. The van der Waals surface area contributed by atoms with Gasteiger partial charge in [-0.1, -0.05) is 45.4 Å². The van der Waals surface area contributed by atoms with Crippen LogP contribution in [0.3, 0.4) is 0 Å². The van der Waals surface area contributed by atoms with Crippen molar-refractivity contribution in [3.05, 3.63) is 59.7 Å². The zero-order valence-corrected chi connectivity index (χ0v) is 18.1. The van der Waals surface area contributed by atoms with Gasteiger partial charge in [0.25, 0.3) is 5.91 Å². The smallest absolute Gasteiger partial charge is 0.255 e. The van der Waals surface area contributed by atoms with Gasteiger partial charge in [0.05, 0.1) is 4.90 Å². The van der Waals surface area contributed by atoms with Crippen LogP contribution in [0.5, 0.6) is 0 Å². The summed E-state index contributed by atoms with van der Waals surface area (Å²) in [6.45, 7) is 10.9. The van der Waals surface area contributed by atoms with Crippen LogP contribution in [0.15, 0.2) is 53.4 Å². The third-order valence-corrected chi connectivity index (χ3v) is 6.01. The lowest BCUT2D eigenvalue weighted by Gasteiger charge is -2.25. The number of carbonyl (C=O) groups excluding carboxylic acids is 1. The summed E-state index contributed by atoms with van der Waals surface area (Å²) in [7, 11) is -3.57. The molecule has 6 heteroatoms. The van der Waals surface area contributed by atoms with Crippen LogP contribution in [-0.2, 0) is 10.0 Å². The second kappa shape index (κ2) is 9.34. The molecule has 0 aliphatic rings. The van der Waals surface area contributed by atoms with Gasteiger partial charge in [0, 0.05) is 24.3 Å².